The zero-order valence-corrected chi connectivity index (χ0v) is 17.6. The molecule has 0 aliphatic rings. The highest BCUT2D eigenvalue weighted by molar-refractivity contribution is 5.79. The van der Waals surface area contributed by atoms with Crippen molar-refractivity contribution in [2.75, 3.05) is 38.6 Å². The van der Waals surface area contributed by atoms with Gasteiger partial charge in [-0.25, -0.2) is 9.79 Å². The van der Waals surface area contributed by atoms with Crippen LogP contribution in [-0.4, -0.2) is 51.4 Å². The number of amides is 1. The molecule has 0 aliphatic carbocycles. The number of carbonyl (C=O) groups excluding carboxylic acids is 1. The van der Waals surface area contributed by atoms with Crippen molar-refractivity contribution in [1.29, 1.82) is 0 Å². The van der Waals surface area contributed by atoms with Gasteiger partial charge >= 0.3 is 6.09 Å². The summed E-state index contributed by atoms with van der Waals surface area (Å²) < 4.78 is 5.21. The highest BCUT2D eigenvalue weighted by atomic mass is 16.6. The predicted molar refractivity (Wildman–Crippen MR) is 112 cm³/mol. The maximum absolute atomic E-state index is 11.6. The molecule has 1 aromatic carbocycles. The summed E-state index contributed by atoms with van der Waals surface area (Å²) in [5, 5.41) is 9.28. The first kappa shape index (κ1) is 22.6. The molecule has 0 fully saturated rings. The van der Waals surface area contributed by atoms with Gasteiger partial charge in [0, 0.05) is 39.4 Å². The number of hydrogen-bond acceptors (Lipinski definition) is 4. The first-order chi connectivity index (χ1) is 12.7. The molecule has 0 atom stereocenters. The van der Waals surface area contributed by atoms with Gasteiger partial charge in [-0.1, -0.05) is 12.1 Å². The van der Waals surface area contributed by atoms with E-state index in [2.05, 4.69) is 44.0 Å². The van der Waals surface area contributed by atoms with E-state index in [1.807, 2.05) is 47.9 Å². The van der Waals surface area contributed by atoms with E-state index < -0.39 is 5.60 Å². The summed E-state index contributed by atoms with van der Waals surface area (Å²) in [5.41, 5.74) is 1.84. The first-order valence-corrected chi connectivity index (χ1v) is 9.46. The van der Waals surface area contributed by atoms with Crippen LogP contribution in [0.25, 0.3) is 0 Å². The number of benzene rings is 1. The van der Waals surface area contributed by atoms with E-state index in [1.54, 1.807) is 0 Å². The second-order valence-electron chi connectivity index (χ2n) is 7.47. The van der Waals surface area contributed by atoms with E-state index in [4.69, 9.17) is 4.74 Å². The second kappa shape index (κ2) is 11.3. The quantitative estimate of drug-likeness (QED) is 0.369. The molecule has 0 radical (unpaired) electrons. The number of nitrogens with one attached hydrogen (secondary N) is 3. The van der Waals surface area contributed by atoms with Gasteiger partial charge in [0.2, 0.25) is 0 Å². The van der Waals surface area contributed by atoms with Gasteiger partial charge in [0.05, 0.1) is 6.54 Å². The number of anilines is 1. The summed E-state index contributed by atoms with van der Waals surface area (Å²) in [5.74, 6) is 0.769. The van der Waals surface area contributed by atoms with E-state index in [0.717, 1.165) is 30.2 Å². The number of rotatable bonds is 8. The number of hydrogen-bond donors (Lipinski definition) is 3. The molecular formula is C20H35N5O2. The number of guanidine groups is 1. The molecule has 1 amide bonds. The predicted octanol–water partition coefficient (Wildman–Crippen LogP) is 2.72. The Balaban J connectivity index is 2.42. The molecule has 7 nitrogen and oxygen atoms in total. The minimum absolute atomic E-state index is 0.385. The van der Waals surface area contributed by atoms with E-state index in [-0.39, 0.29) is 6.09 Å². The van der Waals surface area contributed by atoms with Crippen LogP contribution in [0.15, 0.2) is 29.3 Å². The van der Waals surface area contributed by atoms with Gasteiger partial charge in [-0.2, -0.15) is 0 Å². The topological polar surface area (TPSA) is 78.0 Å². The molecule has 3 N–H and O–H groups in total. The Morgan fingerprint density at radius 3 is 2.48 bits per heavy atom. The summed E-state index contributed by atoms with van der Waals surface area (Å²) in [6.45, 7) is 10.2. The van der Waals surface area contributed by atoms with Crippen LogP contribution in [0.3, 0.4) is 0 Å². The molecule has 0 spiro atoms. The molecule has 152 valence electrons. The number of alkyl carbamates (subject to hydrolysis) is 1. The van der Waals surface area contributed by atoms with Crippen LogP contribution in [0.2, 0.25) is 0 Å². The molecule has 0 aliphatic heterocycles. The third kappa shape index (κ3) is 10.3. The Hall–Kier alpha value is -2.44. The molecule has 0 bridgehead atoms. The largest absolute Gasteiger partial charge is 0.444 e. The van der Waals surface area contributed by atoms with Crippen LogP contribution >= 0.6 is 0 Å². The van der Waals surface area contributed by atoms with Gasteiger partial charge in [-0.05, 0) is 51.8 Å². The third-order valence-electron chi connectivity index (χ3n) is 3.51. The number of carbonyl (C=O) groups is 1. The van der Waals surface area contributed by atoms with Crippen LogP contribution < -0.4 is 20.9 Å². The monoisotopic (exact) mass is 377 g/mol. The summed E-state index contributed by atoms with van der Waals surface area (Å²) in [6, 6.07) is 8.33. The maximum Gasteiger partial charge on any atom is 0.407 e. The number of nitrogens with zero attached hydrogens (tertiary/aromatic N) is 2. The molecule has 0 aromatic heterocycles. The van der Waals surface area contributed by atoms with Crippen molar-refractivity contribution < 1.29 is 9.53 Å². The van der Waals surface area contributed by atoms with Crippen LogP contribution in [-0.2, 0) is 11.3 Å². The van der Waals surface area contributed by atoms with Gasteiger partial charge in [0.25, 0.3) is 0 Å². The van der Waals surface area contributed by atoms with Gasteiger partial charge in [0.1, 0.15) is 5.60 Å². The molecule has 0 unspecified atom stereocenters. The van der Waals surface area contributed by atoms with Crippen molar-refractivity contribution in [2.45, 2.75) is 46.3 Å². The van der Waals surface area contributed by atoms with Gasteiger partial charge in [0.15, 0.2) is 5.96 Å². The fourth-order valence-electron chi connectivity index (χ4n) is 2.24. The molecule has 27 heavy (non-hydrogen) atoms. The number of ether oxygens (including phenoxy) is 1. The normalized spacial score (nSPS) is 11.7. The average molecular weight is 378 g/mol. The summed E-state index contributed by atoms with van der Waals surface area (Å²) in [6.07, 6.45) is 0.392. The second-order valence-corrected chi connectivity index (χ2v) is 7.47. The lowest BCUT2D eigenvalue weighted by Crippen LogP contribution is -2.39. The fraction of sp³-hybridized carbons (Fsp3) is 0.600. The number of aliphatic imine (C=N–C) groups is 1. The zero-order chi connectivity index (χ0) is 20.3. The van der Waals surface area contributed by atoms with Gasteiger partial charge < -0.3 is 25.6 Å². The lowest BCUT2D eigenvalue weighted by atomic mass is 10.2. The third-order valence-corrected chi connectivity index (χ3v) is 3.51. The smallest absolute Gasteiger partial charge is 0.407 e. The van der Waals surface area contributed by atoms with Crippen LogP contribution in [0, 0.1) is 0 Å². The van der Waals surface area contributed by atoms with Crippen LogP contribution in [0.5, 0.6) is 0 Å². The van der Waals surface area contributed by atoms with E-state index in [9.17, 15) is 4.79 Å². The highest BCUT2D eigenvalue weighted by Crippen LogP contribution is 2.13. The molecule has 1 rings (SSSR count). The average Bonchev–Trinajstić information content (AvgIpc) is 2.58. The van der Waals surface area contributed by atoms with Crippen molar-refractivity contribution in [2.24, 2.45) is 4.99 Å². The van der Waals surface area contributed by atoms with Crippen molar-refractivity contribution >= 4 is 17.7 Å². The Labute approximate surface area is 163 Å². The summed E-state index contributed by atoms with van der Waals surface area (Å²) >= 11 is 0. The molecule has 0 heterocycles. The molecule has 7 heteroatoms. The Kier molecular flexibility index (Phi) is 9.47. The first-order valence-electron chi connectivity index (χ1n) is 9.46. The Morgan fingerprint density at radius 2 is 1.85 bits per heavy atom. The van der Waals surface area contributed by atoms with Crippen molar-refractivity contribution in [1.82, 2.24) is 16.0 Å². The molecule has 0 saturated carbocycles. The lowest BCUT2D eigenvalue weighted by Gasteiger charge is -2.19. The minimum Gasteiger partial charge on any atom is -0.444 e. The SMILES string of the molecule is CCNC(=NCc1cccc(N(C)C)c1)NCCCNC(=O)OC(C)(C)C. The molecule has 0 saturated heterocycles. The van der Waals surface area contributed by atoms with Crippen molar-refractivity contribution in [3.8, 4) is 0 Å². The summed E-state index contributed by atoms with van der Waals surface area (Å²) in [4.78, 5) is 18.3. The van der Waals surface area contributed by atoms with E-state index >= 15 is 0 Å². The standard InChI is InChI=1S/C20H35N5O2/c1-7-21-18(22-12-9-13-23-19(26)27-20(2,3)4)24-15-16-10-8-11-17(14-16)25(5)6/h8,10-11,14H,7,9,12-13,15H2,1-6H3,(H,23,26)(H2,21,22,24). The van der Waals surface area contributed by atoms with Gasteiger partial charge in [-0.3, -0.25) is 0 Å². The van der Waals surface area contributed by atoms with E-state index in [0.29, 0.717) is 19.6 Å². The Bertz CT molecular complexity index is 609. The highest BCUT2D eigenvalue weighted by Gasteiger charge is 2.15. The van der Waals surface area contributed by atoms with Crippen LogP contribution in [0.4, 0.5) is 10.5 Å². The molecular weight excluding hydrogens is 342 g/mol. The van der Waals surface area contributed by atoms with Crippen molar-refractivity contribution in [3.05, 3.63) is 29.8 Å². The van der Waals surface area contributed by atoms with E-state index in [1.165, 1.54) is 0 Å². The van der Waals surface area contributed by atoms with Crippen LogP contribution in [0.1, 0.15) is 39.7 Å². The Morgan fingerprint density at radius 1 is 1.15 bits per heavy atom. The molecule has 1 aromatic rings. The minimum atomic E-state index is -0.475. The van der Waals surface area contributed by atoms with Crippen molar-refractivity contribution in [3.63, 3.8) is 0 Å². The zero-order valence-electron chi connectivity index (χ0n) is 17.6. The van der Waals surface area contributed by atoms with Gasteiger partial charge in [-0.15, -0.1) is 0 Å². The maximum atomic E-state index is 11.6. The summed E-state index contributed by atoms with van der Waals surface area (Å²) in [7, 11) is 4.05. The fourth-order valence-corrected chi connectivity index (χ4v) is 2.24. The lowest BCUT2D eigenvalue weighted by molar-refractivity contribution is 0.0527.